The fourth-order valence-electron chi connectivity index (χ4n) is 1.11. The SMILES string of the molecule is C[C@@H](C(=O)O)N(NN)c1ccccc1. The maximum Gasteiger partial charge on any atom is 0.327 e. The Bertz CT molecular complexity index is 302. The number of rotatable bonds is 4. The van der Waals surface area contributed by atoms with Gasteiger partial charge in [0, 0.05) is 0 Å². The van der Waals surface area contributed by atoms with E-state index in [2.05, 4.69) is 5.53 Å². The molecule has 0 aromatic heterocycles. The van der Waals surface area contributed by atoms with Gasteiger partial charge in [-0.2, -0.15) is 5.53 Å². The molecule has 0 amide bonds. The monoisotopic (exact) mass is 195 g/mol. The van der Waals surface area contributed by atoms with Crippen molar-refractivity contribution < 1.29 is 9.90 Å². The first-order chi connectivity index (χ1) is 6.66. The van der Waals surface area contributed by atoms with E-state index in [0.29, 0.717) is 5.69 Å². The molecule has 0 spiro atoms. The van der Waals surface area contributed by atoms with Crippen molar-refractivity contribution in [3.63, 3.8) is 0 Å². The first-order valence-electron chi connectivity index (χ1n) is 4.20. The van der Waals surface area contributed by atoms with Gasteiger partial charge in [0.2, 0.25) is 0 Å². The van der Waals surface area contributed by atoms with Crippen LogP contribution < -0.4 is 16.4 Å². The van der Waals surface area contributed by atoms with Gasteiger partial charge in [0.1, 0.15) is 6.04 Å². The third kappa shape index (κ3) is 2.21. The summed E-state index contributed by atoms with van der Waals surface area (Å²) in [5.74, 6) is 4.32. The average molecular weight is 195 g/mol. The van der Waals surface area contributed by atoms with Gasteiger partial charge in [-0.05, 0) is 19.1 Å². The highest BCUT2D eigenvalue weighted by Crippen LogP contribution is 2.13. The Morgan fingerprint density at radius 1 is 1.50 bits per heavy atom. The zero-order valence-electron chi connectivity index (χ0n) is 7.84. The van der Waals surface area contributed by atoms with E-state index in [1.807, 2.05) is 18.2 Å². The number of para-hydroxylation sites is 1. The number of aliphatic carboxylic acids is 1. The summed E-state index contributed by atoms with van der Waals surface area (Å²) < 4.78 is 0. The molecule has 0 unspecified atom stereocenters. The zero-order chi connectivity index (χ0) is 10.6. The number of hydrogen-bond donors (Lipinski definition) is 3. The highest BCUT2D eigenvalue weighted by Gasteiger charge is 2.19. The second kappa shape index (κ2) is 4.59. The van der Waals surface area contributed by atoms with E-state index in [4.69, 9.17) is 10.9 Å². The summed E-state index contributed by atoms with van der Waals surface area (Å²) in [4.78, 5) is 10.7. The topological polar surface area (TPSA) is 78.6 Å². The number of anilines is 1. The van der Waals surface area contributed by atoms with E-state index in [-0.39, 0.29) is 0 Å². The molecule has 0 saturated heterocycles. The van der Waals surface area contributed by atoms with Crippen LogP contribution in [0.4, 0.5) is 5.69 Å². The minimum atomic E-state index is -0.938. The lowest BCUT2D eigenvalue weighted by Crippen LogP contribution is -2.51. The second-order valence-electron chi connectivity index (χ2n) is 2.85. The van der Waals surface area contributed by atoms with Crippen molar-refractivity contribution >= 4 is 11.7 Å². The molecule has 5 nitrogen and oxygen atoms in total. The van der Waals surface area contributed by atoms with Crippen LogP contribution in [0.1, 0.15) is 6.92 Å². The van der Waals surface area contributed by atoms with E-state index in [0.717, 1.165) is 0 Å². The fraction of sp³-hybridized carbons (Fsp3) is 0.222. The van der Waals surface area contributed by atoms with Gasteiger partial charge in [0.15, 0.2) is 0 Å². The molecule has 1 aromatic carbocycles. The highest BCUT2D eigenvalue weighted by atomic mass is 16.4. The van der Waals surface area contributed by atoms with Crippen LogP contribution in [-0.4, -0.2) is 17.1 Å². The molecule has 0 radical (unpaired) electrons. The maximum atomic E-state index is 10.7. The number of nitrogens with zero attached hydrogens (tertiary/aromatic N) is 1. The molecular weight excluding hydrogens is 182 g/mol. The van der Waals surface area contributed by atoms with Crippen molar-refractivity contribution in [1.29, 1.82) is 0 Å². The number of benzene rings is 1. The molecule has 0 aliphatic heterocycles. The number of hydrogen-bond acceptors (Lipinski definition) is 4. The smallest absolute Gasteiger partial charge is 0.327 e. The number of carboxylic acid groups (broad SMARTS) is 1. The van der Waals surface area contributed by atoms with E-state index in [1.54, 1.807) is 19.1 Å². The van der Waals surface area contributed by atoms with Gasteiger partial charge in [-0.15, -0.1) is 0 Å². The Balaban J connectivity index is 2.87. The number of hydrazine groups is 2. The predicted molar refractivity (Wildman–Crippen MR) is 53.3 cm³/mol. The van der Waals surface area contributed by atoms with E-state index in [9.17, 15) is 4.79 Å². The van der Waals surface area contributed by atoms with Gasteiger partial charge in [-0.1, -0.05) is 18.2 Å². The van der Waals surface area contributed by atoms with Crippen LogP contribution in [0, 0.1) is 0 Å². The standard InChI is InChI=1S/C9H13N3O2/c1-7(9(13)14)12(11-10)8-5-3-2-4-6-8/h2-7,11H,10H2,1H3,(H,13,14)/t7-/m0/s1. The third-order valence-electron chi connectivity index (χ3n) is 1.92. The first-order valence-corrected chi connectivity index (χ1v) is 4.20. The molecule has 5 heteroatoms. The lowest BCUT2D eigenvalue weighted by molar-refractivity contribution is -0.138. The largest absolute Gasteiger partial charge is 0.480 e. The van der Waals surface area contributed by atoms with E-state index < -0.39 is 12.0 Å². The van der Waals surface area contributed by atoms with E-state index >= 15 is 0 Å². The van der Waals surface area contributed by atoms with Gasteiger partial charge in [-0.3, -0.25) is 10.9 Å². The number of carboxylic acids is 1. The number of carbonyl (C=O) groups is 1. The van der Waals surface area contributed by atoms with Crippen LogP contribution in [-0.2, 0) is 4.79 Å². The number of nitrogens with two attached hydrogens (primary N) is 1. The van der Waals surface area contributed by atoms with Crippen LogP contribution in [0.2, 0.25) is 0 Å². The summed E-state index contributed by atoms with van der Waals surface area (Å²) in [7, 11) is 0. The zero-order valence-corrected chi connectivity index (χ0v) is 7.84. The van der Waals surface area contributed by atoms with Gasteiger partial charge >= 0.3 is 5.97 Å². The maximum absolute atomic E-state index is 10.7. The Morgan fingerprint density at radius 2 is 2.07 bits per heavy atom. The molecule has 76 valence electrons. The summed E-state index contributed by atoms with van der Waals surface area (Å²) in [6.45, 7) is 1.55. The van der Waals surface area contributed by atoms with Gasteiger partial charge in [-0.25, -0.2) is 4.79 Å². The molecule has 0 saturated carbocycles. The minimum absolute atomic E-state index is 0.713. The van der Waals surface area contributed by atoms with Crippen LogP contribution >= 0.6 is 0 Å². The normalized spacial score (nSPS) is 12.1. The summed E-state index contributed by atoms with van der Waals surface area (Å²) in [5, 5.41) is 10.2. The molecule has 1 atom stereocenters. The van der Waals surface area contributed by atoms with Crippen LogP contribution in [0.5, 0.6) is 0 Å². The molecular formula is C9H13N3O2. The van der Waals surface area contributed by atoms with Crippen molar-refractivity contribution in [2.75, 3.05) is 5.01 Å². The van der Waals surface area contributed by atoms with Gasteiger partial charge in [0.25, 0.3) is 0 Å². The highest BCUT2D eigenvalue weighted by molar-refractivity contribution is 5.77. The minimum Gasteiger partial charge on any atom is -0.480 e. The molecule has 1 aromatic rings. The van der Waals surface area contributed by atoms with Crippen molar-refractivity contribution in [1.82, 2.24) is 5.53 Å². The van der Waals surface area contributed by atoms with Crippen LogP contribution in [0.3, 0.4) is 0 Å². The van der Waals surface area contributed by atoms with Gasteiger partial charge < -0.3 is 5.11 Å². The Kier molecular flexibility index (Phi) is 3.44. The summed E-state index contributed by atoms with van der Waals surface area (Å²) >= 11 is 0. The molecule has 1 rings (SSSR count). The number of nitrogens with one attached hydrogen (secondary N) is 1. The summed E-state index contributed by atoms with van der Waals surface area (Å²) in [6.07, 6.45) is 0. The van der Waals surface area contributed by atoms with E-state index in [1.165, 1.54) is 5.01 Å². The third-order valence-corrected chi connectivity index (χ3v) is 1.92. The molecule has 4 N–H and O–H groups in total. The van der Waals surface area contributed by atoms with Crippen molar-refractivity contribution in [2.24, 2.45) is 5.84 Å². The molecule has 0 fully saturated rings. The van der Waals surface area contributed by atoms with Crippen molar-refractivity contribution in [3.05, 3.63) is 30.3 Å². The quantitative estimate of drug-likeness (QED) is 0.477. The van der Waals surface area contributed by atoms with Crippen molar-refractivity contribution in [3.8, 4) is 0 Å². The first kappa shape index (κ1) is 10.5. The lowest BCUT2D eigenvalue weighted by atomic mass is 10.2. The Labute approximate surface area is 82.1 Å². The van der Waals surface area contributed by atoms with Crippen molar-refractivity contribution in [2.45, 2.75) is 13.0 Å². The molecule has 0 heterocycles. The summed E-state index contributed by atoms with van der Waals surface area (Å²) in [5.41, 5.74) is 3.06. The Morgan fingerprint density at radius 3 is 2.50 bits per heavy atom. The predicted octanol–water partition coefficient (Wildman–Crippen LogP) is 0.344. The average Bonchev–Trinajstić information content (AvgIpc) is 2.20. The molecule has 0 bridgehead atoms. The fourth-order valence-corrected chi connectivity index (χ4v) is 1.11. The van der Waals surface area contributed by atoms with Crippen LogP contribution in [0.15, 0.2) is 30.3 Å². The summed E-state index contributed by atoms with van der Waals surface area (Å²) in [6, 6.07) is 8.31. The molecule has 0 aliphatic carbocycles. The Hall–Kier alpha value is -1.59. The second-order valence-corrected chi connectivity index (χ2v) is 2.85. The van der Waals surface area contributed by atoms with Gasteiger partial charge in [0.05, 0.1) is 5.69 Å². The molecule has 14 heavy (non-hydrogen) atoms. The van der Waals surface area contributed by atoms with Crippen LogP contribution in [0.25, 0.3) is 0 Å². The molecule has 0 aliphatic rings. The lowest BCUT2D eigenvalue weighted by Gasteiger charge is -2.26.